The van der Waals surface area contributed by atoms with Crippen molar-refractivity contribution in [1.29, 1.82) is 0 Å². The van der Waals surface area contributed by atoms with E-state index in [1.165, 1.54) is 33.2 Å². The smallest absolute Gasteiger partial charge is 0.0478 e. The average Bonchev–Trinajstić information content (AvgIpc) is 3.27. The minimum atomic E-state index is 1.04. The van der Waals surface area contributed by atoms with Crippen LogP contribution < -0.4 is 0 Å². The maximum absolute atomic E-state index is 5.60. The van der Waals surface area contributed by atoms with Crippen molar-refractivity contribution in [3.05, 3.63) is 77.5 Å². The van der Waals surface area contributed by atoms with Crippen molar-refractivity contribution < 1.29 is 0 Å². The summed E-state index contributed by atoms with van der Waals surface area (Å²) in [7, 11) is 0. The van der Waals surface area contributed by atoms with Gasteiger partial charge >= 0.3 is 0 Å². The van der Waals surface area contributed by atoms with Gasteiger partial charge in [-0.2, -0.15) is 0 Å². The number of benzene rings is 2. The molecule has 1 aliphatic carbocycles. The number of nitrogens with one attached hydrogen (secondary N) is 1. The molecule has 0 atom stereocenters. The van der Waals surface area contributed by atoms with Crippen LogP contribution in [0.25, 0.3) is 16.5 Å². The molecule has 1 nitrogen and oxygen atoms in total. The van der Waals surface area contributed by atoms with Gasteiger partial charge in [0.1, 0.15) is 0 Å². The van der Waals surface area contributed by atoms with E-state index in [2.05, 4.69) is 65.8 Å². The van der Waals surface area contributed by atoms with Gasteiger partial charge in [0.15, 0.2) is 0 Å². The molecule has 0 bridgehead atoms. The van der Waals surface area contributed by atoms with Crippen molar-refractivity contribution in [1.82, 2.24) is 4.98 Å². The number of thioether (sulfide) groups is 1. The molecule has 0 fully saturated rings. The van der Waals surface area contributed by atoms with Gasteiger partial charge in [-0.25, -0.2) is 0 Å². The van der Waals surface area contributed by atoms with Crippen molar-refractivity contribution in [2.24, 2.45) is 0 Å². The lowest BCUT2D eigenvalue weighted by Gasteiger charge is -2.07. The molecule has 1 N–H and O–H groups in total. The fourth-order valence-electron chi connectivity index (χ4n) is 3.70. The molecular formula is C23H23NS2. The van der Waals surface area contributed by atoms with Crippen LogP contribution in [0.1, 0.15) is 36.0 Å². The predicted molar refractivity (Wildman–Crippen MR) is 119 cm³/mol. The zero-order valence-corrected chi connectivity index (χ0v) is 16.5. The topological polar surface area (TPSA) is 15.8 Å². The summed E-state index contributed by atoms with van der Waals surface area (Å²) in [5.41, 5.74) is 7.04. The molecule has 0 radical (unpaired) electrons. The first-order valence-corrected chi connectivity index (χ1v) is 10.7. The quantitative estimate of drug-likeness (QED) is 0.468. The largest absolute Gasteiger partial charge is 0.361 e. The van der Waals surface area contributed by atoms with Gasteiger partial charge in [0.2, 0.25) is 0 Å². The second kappa shape index (κ2) is 8.24. The first-order valence-electron chi connectivity index (χ1n) is 9.29. The van der Waals surface area contributed by atoms with E-state index in [1.807, 2.05) is 11.8 Å². The molecule has 0 spiro atoms. The fraction of sp³-hybridized carbons (Fsp3) is 0.261. The van der Waals surface area contributed by atoms with Crippen LogP contribution >= 0.6 is 24.0 Å². The van der Waals surface area contributed by atoms with Gasteiger partial charge < -0.3 is 4.98 Å². The molecule has 0 amide bonds. The van der Waals surface area contributed by atoms with E-state index in [9.17, 15) is 0 Å². The van der Waals surface area contributed by atoms with Gasteiger partial charge in [-0.15, -0.1) is 11.8 Å². The molecule has 1 aliphatic rings. The number of aromatic nitrogens is 1. The number of aromatic amines is 1. The Balaban J connectivity index is 1.20. The second-order valence-corrected chi connectivity index (χ2v) is 8.72. The van der Waals surface area contributed by atoms with Crippen molar-refractivity contribution in [2.45, 2.75) is 32.1 Å². The van der Waals surface area contributed by atoms with E-state index in [4.69, 9.17) is 12.2 Å². The lowest BCUT2D eigenvalue weighted by molar-refractivity contribution is 0.921. The Morgan fingerprint density at radius 1 is 1.04 bits per heavy atom. The minimum absolute atomic E-state index is 1.04. The molecule has 2 aromatic carbocycles. The number of H-pyrrole nitrogens is 1. The Kier molecular flexibility index (Phi) is 5.57. The lowest BCUT2D eigenvalue weighted by atomic mass is 10.0. The van der Waals surface area contributed by atoms with Crippen molar-refractivity contribution >= 4 is 44.7 Å². The summed E-state index contributed by atoms with van der Waals surface area (Å²) in [6.45, 7) is 0. The number of hydrogen-bond donors (Lipinski definition) is 1. The van der Waals surface area contributed by atoms with Gasteiger partial charge in [-0.1, -0.05) is 60.8 Å². The molecule has 1 aromatic heterocycles. The molecule has 1 heterocycles. The van der Waals surface area contributed by atoms with Crippen molar-refractivity contribution in [2.75, 3.05) is 5.75 Å². The number of aryl methyl sites for hydroxylation is 1. The van der Waals surface area contributed by atoms with Gasteiger partial charge in [0.05, 0.1) is 0 Å². The monoisotopic (exact) mass is 377 g/mol. The van der Waals surface area contributed by atoms with E-state index in [0.29, 0.717) is 0 Å². The van der Waals surface area contributed by atoms with Crippen LogP contribution in [0, 0.1) is 0 Å². The highest BCUT2D eigenvalue weighted by Crippen LogP contribution is 2.31. The summed E-state index contributed by atoms with van der Waals surface area (Å²) in [4.78, 5) is 3.35. The highest BCUT2D eigenvalue weighted by Gasteiger charge is 2.12. The maximum Gasteiger partial charge on any atom is 0.0478 e. The standard InChI is InChI=1S/C23H23NS2/c25-23(11-5-7-18-13-12-17-6-1-2-8-20(17)18)26-15-14-19-16-24-22-10-4-3-9-21(19)22/h1-4,6,8-10,13,16,24H,5,7,11-12,14-15H2. The molecule has 3 heteroatoms. The van der Waals surface area contributed by atoms with Crippen molar-refractivity contribution in [3.8, 4) is 0 Å². The van der Waals surface area contributed by atoms with E-state index in [1.54, 1.807) is 0 Å². The molecule has 26 heavy (non-hydrogen) atoms. The molecule has 4 rings (SSSR count). The third-order valence-corrected chi connectivity index (χ3v) is 6.56. The van der Waals surface area contributed by atoms with Crippen LogP contribution in [0.3, 0.4) is 0 Å². The number of rotatable bonds is 7. The fourth-order valence-corrected chi connectivity index (χ4v) is 4.93. The Morgan fingerprint density at radius 2 is 1.88 bits per heavy atom. The van der Waals surface area contributed by atoms with Crippen LogP contribution in [-0.4, -0.2) is 14.9 Å². The van der Waals surface area contributed by atoms with Crippen LogP contribution in [-0.2, 0) is 12.8 Å². The Morgan fingerprint density at radius 3 is 2.85 bits per heavy atom. The second-order valence-electron chi connectivity index (χ2n) is 6.77. The number of allylic oxidation sites excluding steroid dienone is 2. The number of thiocarbonyl (C=S) groups is 1. The van der Waals surface area contributed by atoms with Crippen LogP contribution in [0.5, 0.6) is 0 Å². The molecule has 132 valence electrons. The lowest BCUT2D eigenvalue weighted by Crippen LogP contribution is -1.94. The first kappa shape index (κ1) is 17.6. The molecule has 0 saturated heterocycles. The zero-order valence-electron chi connectivity index (χ0n) is 14.8. The van der Waals surface area contributed by atoms with Gasteiger partial charge in [0, 0.05) is 27.0 Å². The van der Waals surface area contributed by atoms with Crippen LogP contribution in [0.15, 0.2) is 60.8 Å². The molecule has 0 unspecified atom stereocenters. The van der Waals surface area contributed by atoms with E-state index in [-0.39, 0.29) is 0 Å². The van der Waals surface area contributed by atoms with E-state index in [0.717, 1.165) is 42.1 Å². The summed E-state index contributed by atoms with van der Waals surface area (Å²) in [6.07, 6.45) is 10.0. The average molecular weight is 378 g/mol. The molecule has 3 aromatic rings. The van der Waals surface area contributed by atoms with Gasteiger partial charge in [-0.05, 0) is 60.4 Å². The normalized spacial score (nSPS) is 13.0. The minimum Gasteiger partial charge on any atom is -0.361 e. The third kappa shape index (κ3) is 3.94. The van der Waals surface area contributed by atoms with Crippen LogP contribution in [0.4, 0.5) is 0 Å². The molecular weight excluding hydrogens is 354 g/mol. The third-order valence-electron chi connectivity index (χ3n) is 5.07. The summed E-state index contributed by atoms with van der Waals surface area (Å²) < 4.78 is 1.15. The maximum atomic E-state index is 5.60. The van der Waals surface area contributed by atoms with Crippen LogP contribution in [0.2, 0.25) is 0 Å². The number of fused-ring (bicyclic) bond motifs is 2. The van der Waals surface area contributed by atoms with Gasteiger partial charge in [0.25, 0.3) is 0 Å². The Labute approximate surface area is 164 Å². The highest BCUT2D eigenvalue weighted by molar-refractivity contribution is 8.23. The predicted octanol–water partition coefficient (Wildman–Crippen LogP) is 6.58. The van der Waals surface area contributed by atoms with Crippen molar-refractivity contribution in [3.63, 3.8) is 0 Å². The van der Waals surface area contributed by atoms with E-state index >= 15 is 0 Å². The number of para-hydroxylation sites is 1. The van der Waals surface area contributed by atoms with E-state index < -0.39 is 0 Å². The summed E-state index contributed by atoms with van der Waals surface area (Å²) >= 11 is 7.45. The number of hydrogen-bond acceptors (Lipinski definition) is 2. The highest BCUT2D eigenvalue weighted by atomic mass is 32.2. The SMILES string of the molecule is S=C(CCCC1=CCc2ccccc21)SCCc1c[nH]c2ccccc12. The summed E-state index contributed by atoms with van der Waals surface area (Å²) in [5, 5.41) is 1.34. The summed E-state index contributed by atoms with van der Waals surface area (Å²) in [5.74, 6) is 1.06. The van der Waals surface area contributed by atoms with Gasteiger partial charge in [-0.3, -0.25) is 0 Å². The summed E-state index contributed by atoms with van der Waals surface area (Å²) in [6, 6.07) is 17.3. The zero-order chi connectivity index (χ0) is 17.8. The first-order chi connectivity index (χ1) is 12.8. The molecule has 0 aliphatic heterocycles. The molecule has 0 saturated carbocycles. The Bertz CT molecular complexity index is 952. The Hall–Kier alpha value is -1.84.